The highest BCUT2D eigenvalue weighted by Crippen LogP contribution is 2.46. The minimum atomic E-state index is -1.15. The Morgan fingerprint density at radius 2 is 1.75 bits per heavy atom. The van der Waals surface area contributed by atoms with E-state index in [1.54, 1.807) is 0 Å². The fraction of sp³-hybridized carbons (Fsp3) is 1.00. The lowest BCUT2D eigenvalue weighted by Gasteiger charge is -2.34. The van der Waals surface area contributed by atoms with E-state index in [1.165, 1.54) is 0 Å². The third-order valence-corrected chi connectivity index (χ3v) is 5.13. The fourth-order valence-electron chi connectivity index (χ4n) is 3.02. The van der Waals surface area contributed by atoms with Crippen LogP contribution in [-0.2, 0) is 23.7 Å². The molecule has 0 saturated carbocycles. The number of hydrogen-bond donors (Lipinski definition) is 1. The van der Waals surface area contributed by atoms with E-state index in [0.717, 1.165) is 0 Å². The van der Waals surface area contributed by atoms with Crippen molar-refractivity contribution in [2.24, 2.45) is 0 Å². The quantitative estimate of drug-likeness (QED) is 0.555. The van der Waals surface area contributed by atoms with Gasteiger partial charge in [-0.3, -0.25) is 0 Å². The van der Waals surface area contributed by atoms with Gasteiger partial charge in [0.2, 0.25) is 0 Å². The monoisotopic (exact) mass is 400 g/mol. The molecule has 3 rings (SSSR count). The van der Waals surface area contributed by atoms with Crippen LogP contribution < -0.4 is 0 Å². The van der Waals surface area contributed by atoms with Crippen molar-refractivity contribution < 1.29 is 28.8 Å². The number of halogens is 1. The van der Waals surface area contributed by atoms with Crippen molar-refractivity contribution in [1.29, 1.82) is 0 Å². The Labute approximate surface area is 132 Å². The summed E-state index contributed by atoms with van der Waals surface area (Å²) < 4.78 is 29.3. The van der Waals surface area contributed by atoms with Crippen LogP contribution >= 0.6 is 22.6 Å². The minimum Gasteiger partial charge on any atom is -0.383 e. The van der Waals surface area contributed by atoms with Gasteiger partial charge in [-0.25, -0.2) is 0 Å². The average molecular weight is 400 g/mol. The molecular formula is C13H21IO6. The van der Waals surface area contributed by atoms with Crippen LogP contribution in [0.25, 0.3) is 0 Å². The van der Waals surface area contributed by atoms with Crippen LogP contribution in [0.3, 0.4) is 0 Å². The summed E-state index contributed by atoms with van der Waals surface area (Å²) in [4.78, 5) is 0. The van der Waals surface area contributed by atoms with Crippen molar-refractivity contribution in [1.82, 2.24) is 0 Å². The zero-order valence-electron chi connectivity index (χ0n) is 12.1. The lowest BCUT2D eigenvalue weighted by Crippen LogP contribution is -2.55. The summed E-state index contributed by atoms with van der Waals surface area (Å²) in [5.41, 5.74) is -1.15. The summed E-state index contributed by atoms with van der Waals surface area (Å²) in [7, 11) is 0. The number of alkyl halides is 1. The summed E-state index contributed by atoms with van der Waals surface area (Å²) in [5, 5.41) is 11.0. The number of fused-ring (bicyclic) bond motifs is 1. The molecule has 0 aromatic carbocycles. The largest absolute Gasteiger partial charge is 0.383 e. The highest BCUT2D eigenvalue weighted by molar-refractivity contribution is 14.1. The second-order valence-corrected chi connectivity index (χ2v) is 7.24. The molecule has 5 atom stereocenters. The average Bonchev–Trinajstić information content (AvgIpc) is 2.91. The molecule has 0 aromatic heterocycles. The molecule has 3 aliphatic rings. The molecule has 0 bridgehead atoms. The number of aliphatic hydroxyl groups is 1. The van der Waals surface area contributed by atoms with Crippen molar-refractivity contribution in [2.45, 2.75) is 69.5 Å². The topological polar surface area (TPSA) is 66.4 Å². The predicted octanol–water partition coefficient (Wildman–Crippen LogP) is 1.18. The predicted molar refractivity (Wildman–Crippen MR) is 77.4 cm³/mol. The second kappa shape index (κ2) is 4.74. The molecule has 0 unspecified atom stereocenters. The zero-order valence-corrected chi connectivity index (χ0v) is 14.2. The van der Waals surface area contributed by atoms with Crippen LogP contribution in [0.5, 0.6) is 0 Å². The maximum atomic E-state index is 11.0. The maximum absolute atomic E-state index is 11.0. The second-order valence-electron chi connectivity index (χ2n) is 6.47. The first-order chi connectivity index (χ1) is 9.17. The van der Waals surface area contributed by atoms with Gasteiger partial charge in [0.1, 0.15) is 23.9 Å². The van der Waals surface area contributed by atoms with Gasteiger partial charge in [-0.05, 0) is 27.7 Å². The standard InChI is InChI=1S/C13H21IO6/c1-11(2)16-5-7(18-11)8-13(15,6-14)9-10(17-8)20-12(3,4)19-9/h7-10,15H,5-6H2,1-4H3/t7-,8-,9+,10-,13+/m1/s1. The number of ether oxygens (including phenoxy) is 5. The lowest BCUT2D eigenvalue weighted by molar-refractivity contribution is -0.244. The smallest absolute Gasteiger partial charge is 0.190 e. The highest BCUT2D eigenvalue weighted by atomic mass is 127. The van der Waals surface area contributed by atoms with Crippen LogP contribution in [0, 0.1) is 0 Å². The molecule has 0 radical (unpaired) electrons. The molecule has 0 aliphatic carbocycles. The molecule has 3 fully saturated rings. The van der Waals surface area contributed by atoms with Crippen LogP contribution in [0.15, 0.2) is 0 Å². The molecule has 0 aromatic rings. The Bertz CT molecular complexity index is 400. The van der Waals surface area contributed by atoms with Crippen molar-refractivity contribution in [3.05, 3.63) is 0 Å². The van der Waals surface area contributed by atoms with E-state index in [0.29, 0.717) is 11.0 Å². The minimum absolute atomic E-state index is 0.328. The first-order valence-electron chi connectivity index (χ1n) is 6.78. The molecule has 6 nitrogen and oxygen atoms in total. The molecule has 3 saturated heterocycles. The summed E-state index contributed by atoms with van der Waals surface area (Å²) in [6.45, 7) is 7.72. The lowest BCUT2D eigenvalue weighted by atomic mass is 9.91. The molecular weight excluding hydrogens is 379 g/mol. The molecule has 0 spiro atoms. The Hall–Kier alpha value is 0.490. The van der Waals surface area contributed by atoms with Gasteiger partial charge in [0.05, 0.1) is 6.61 Å². The summed E-state index contributed by atoms with van der Waals surface area (Å²) in [5.74, 6) is -1.40. The first kappa shape index (κ1) is 15.4. The van der Waals surface area contributed by atoms with Gasteiger partial charge in [-0.2, -0.15) is 0 Å². The van der Waals surface area contributed by atoms with Gasteiger partial charge in [-0.1, -0.05) is 22.6 Å². The maximum Gasteiger partial charge on any atom is 0.190 e. The Morgan fingerprint density at radius 1 is 1.05 bits per heavy atom. The van der Waals surface area contributed by atoms with E-state index in [4.69, 9.17) is 23.7 Å². The molecule has 7 heteroatoms. The Balaban J connectivity index is 1.81. The summed E-state index contributed by atoms with van der Waals surface area (Å²) >= 11 is 2.14. The third kappa shape index (κ3) is 2.41. The summed E-state index contributed by atoms with van der Waals surface area (Å²) in [6, 6.07) is 0. The Morgan fingerprint density at radius 3 is 2.30 bits per heavy atom. The molecule has 0 amide bonds. The molecule has 3 heterocycles. The van der Waals surface area contributed by atoms with Crippen LogP contribution in [0.4, 0.5) is 0 Å². The van der Waals surface area contributed by atoms with E-state index in [1.807, 2.05) is 27.7 Å². The van der Waals surface area contributed by atoms with Gasteiger partial charge >= 0.3 is 0 Å². The van der Waals surface area contributed by atoms with Crippen LogP contribution in [-0.4, -0.2) is 57.9 Å². The van der Waals surface area contributed by atoms with Crippen molar-refractivity contribution >= 4 is 22.6 Å². The van der Waals surface area contributed by atoms with E-state index in [-0.39, 0.29) is 6.10 Å². The molecule has 116 valence electrons. The van der Waals surface area contributed by atoms with Crippen molar-refractivity contribution in [2.75, 3.05) is 11.0 Å². The van der Waals surface area contributed by atoms with E-state index >= 15 is 0 Å². The molecule has 1 N–H and O–H groups in total. The van der Waals surface area contributed by atoms with Gasteiger partial charge in [-0.15, -0.1) is 0 Å². The van der Waals surface area contributed by atoms with Gasteiger partial charge < -0.3 is 28.8 Å². The third-order valence-electron chi connectivity index (χ3n) is 3.91. The number of rotatable bonds is 2. The van der Waals surface area contributed by atoms with Crippen LogP contribution in [0.2, 0.25) is 0 Å². The SMILES string of the molecule is CC1(C)OC[C@H]([C@H]2O[C@@H]3OC(C)(C)O[C@@H]3[C@]2(O)CI)O1. The highest BCUT2D eigenvalue weighted by Gasteiger charge is 2.65. The first-order valence-corrected chi connectivity index (χ1v) is 8.31. The molecule has 20 heavy (non-hydrogen) atoms. The fourth-order valence-corrected chi connectivity index (χ4v) is 3.89. The van der Waals surface area contributed by atoms with E-state index in [2.05, 4.69) is 22.6 Å². The van der Waals surface area contributed by atoms with Gasteiger partial charge in [0.15, 0.2) is 17.9 Å². The van der Waals surface area contributed by atoms with Crippen molar-refractivity contribution in [3.8, 4) is 0 Å². The normalized spacial score (nSPS) is 49.5. The van der Waals surface area contributed by atoms with Crippen molar-refractivity contribution in [3.63, 3.8) is 0 Å². The van der Waals surface area contributed by atoms with Gasteiger partial charge in [0, 0.05) is 4.43 Å². The Kier molecular flexibility index (Phi) is 3.65. The van der Waals surface area contributed by atoms with Crippen LogP contribution in [0.1, 0.15) is 27.7 Å². The van der Waals surface area contributed by atoms with Gasteiger partial charge in [0.25, 0.3) is 0 Å². The zero-order chi connectivity index (χ0) is 14.8. The van der Waals surface area contributed by atoms with E-state index in [9.17, 15) is 5.11 Å². The molecule has 3 aliphatic heterocycles. The summed E-state index contributed by atoms with van der Waals surface area (Å²) in [6.07, 6.45) is -1.92. The number of hydrogen-bond acceptors (Lipinski definition) is 6. The van der Waals surface area contributed by atoms with E-state index < -0.39 is 35.7 Å².